The van der Waals surface area contributed by atoms with E-state index in [2.05, 4.69) is 5.32 Å². The fourth-order valence-corrected chi connectivity index (χ4v) is 1.67. The van der Waals surface area contributed by atoms with Gasteiger partial charge in [-0.3, -0.25) is 4.79 Å². The molecule has 0 saturated heterocycles. The molecule has 3 atom stereocenters. The van der Waals surface area contributed by atoms with Gasteiger partial charge >= 0.3 is 0 Å². The predicted octanol–water partition coefficient (Wildman–Crippen LogP) is 0.396. The second kappa shape index (κ2) is 2.50. The van der Waals surface area contributed by atoms with Crippen molar-refractivity contribution in [2.75, 3.05) is 0 Å². The molecule has 0 bridgehead atoms. The topological polar surface area (TPSA) is 55.1 Å². The van der Waals surface area contributed by atoms with Gasteiger partial charge in [0.2, 0.25) is 5.91 Å². The average molecular weight is 209 g/mol. The zero-order valence-corrected chi connectivity index (χ0v) is 7.90. The third kappa shape index (κ3) is 1.53. The Kier molecular flexibility index (Phi) is 1.79. The first-order valence-corrected chi connectivity index (χ1v) is 4.70. The number of hydrogen-bond donors (Lipinski definition) is 2. The summed E-state index contributed by atoms with van der Waals surface area (Å²) < 4.78 is -0.816. The summed E-state index contributed by atoms with van der Waals surface area (Å²) in [6, 6.07) is 0.287. The van der Waals surface area contributed by atoms with Crippen LogP contribution in [-0.2, 0) is 4.79 Å². The maximum atomic E-state index is 11.3. The van der Waals surface area contributed by atoms with Crippen LogP contribution in [0.15, 0.2) is 0 Å². The zero-order chi connectivity index (χ0) is 8.93. The molecular formula is C7H10Cl2N2O. The molecule has 0 aromatic rings. The number of nitrogens with one attached hydrogen (secondary N) is 1. The van der Waals surface area contributed by atoms with E-state index in [1.165, 1.54) is 0 Å². The first-order valence-electron chi connectivity index (χ1n) is 3.94. The third-order valence-corrected chi connectivity index (χ3v) is 3.15. The maximum absolute atomic E-state index is 11.3. The highest BCUT2D eigenvalue weighted by molar-refractivity contribution is 6.52. The summed E-state index contributed by atoms with van der Waals surface area (Å²) >= 11 is 11.4. The minimum atomic E-state index is -0.816. The first-order chi connectivity index (χ1) is 5.50. The predicted molar refractivity (Wildman–Crippen MR) is 47.1 cm³/mol. The molecule has 12 heavy (non-hydrogen) atoms. The van der Waals surface area contributed by atoms with Crippen LogP contribution in [0.3, 0.4) is 0 Å². The van der Waals surface area contributed by atoms with Gasteiger partial charge in [-0.1, -0.05) is 0 Å². The summed E-state index contributed by atoms with van der Waals surface area (Å²) in [5.74, 6) is -0.286. The molecule has 68 valence electrons. The lowest BCUT2D eigenvalue weighted by Gasteiger charge is -2.02. The second-order valence-electron chi connectivity index (χ2n) is 3.53. The van der Waals surface area contributed by atoms with Gasteiger partial charge < -0.3 is 11.1 Å². The molecule has 5 heteroatoms. The van der Waals surface area contributed by atoms with E-state index < -0.39 is 4.33 Å². The van der Waals surface area contributed by atoms with E-state index in [4.69, 9.17) is 28.9 Å². The highest BCUT2D eigenvalue weighted by Crippen LogP contribution is 2.53. The second-order valence-corrected chi connectivity index (χ2v) is 5.07. The summed E-state index contributed by atoms with van der Waals surface area (Å²) in [6.07, 6.45) is 1.43. The number of rotatable bonds is 2. The Balaban J connectivity index is 1.79. The summed E-state index contributed by atoms with van der Waals surface area (Å²) in [5.41, 5.74) is 5.52. The van der Waals surface area contributed by atoms with Gasteiger partial charge in [-0.05, 0) is 12.8 Å². The molecule has 0 radical (unpaired) electrons. The summed E-state index contributed by atoms with van der Waals surface area (Å²) in [4.78, 5) is 11.3. The molecule has 1 amide bonds. The van der Waals surface area contributed by atoms with Gasteiger partial charge in [-0.2, -0.15) is 0 Å². The number of halogens is 2. The normalized spacial score (nSPS) is 42.1. The highest BCUT2D eigenvalue weighted by Gasteiger charge is 2.57. The summed E-state index contributed by atoms with van der Waals surface area (Å²) in [6.45, 7) is 0. The molecule has 3 unspecified atom stereocenters. The molecule has 3 nitrogen and oxygen atoms in total. The van der Waals surface area contributed by atoms with E-state index in [9.17, 15) is 4.79 Å². The SMILES string of the molecule is NC1CC1NC(=O)C1CC1(Cl)Cl. The van der Waals surface area contributed by atoms with Crippen molar-refractivity contribution in [2.24, 2.45) is 11.7 Å². The Morgan fingerprint density at radius 3 is 2.42 bits per heavy atom. The monoisotopic (exact) mass is 208 g/mol. The van der Waals surface area contributed by atoms with Gasteiger partial charge in [-0.15, -0.1) is 23.2 Å². The molecule has 0 aromatic carbocycles. The molecule has 2 rings (SSSR count). The number of carbonyl (C=O) groups excluding carboxylic acids is 1. The largest absolute Gasteiger partial charge is 0.351 e. The van der Waals surface area contributed by atoms with Crippen molar-refractivity contribution in [2.45, 2.75) is 29.3 Å². The van der Waals surface area contributed by atoms with Gasteiger partial charge in [0.25, 0.3) is 0 Å². The van der Waals surface area contributed by atoms with Gasteiger partial charge in [0.15, 0.2) is 0 Å². The lowest BCUT2D eigenvalue weighted by atomic mass is 10.4. The molecule has 2 aliphatic carbocycles. The maximum Gasteiger partial charge on any atom is 0.226 e. The average Bonchev–Trinajstić information content (AvgIpc) is 2.75. The third-order valence-electron chi connectivity index (χ3n) is 2.31. The number of hydrogen-bond acceptors (Lipinski definition) is 2. The minimum Gasteiger partial charge on any atom is -0.351 e. The zero-order valence-electron chi connectivity index (χ0n) is 6.39. The van der Waals surface area contributed by atoms with E-state index in [-0.39, 0.29) is 23.9 Å². The van der Waals surface area contributed by atoms with Crippen LogP contribution in [0.5, 0.6) is 0 Å². The molecule has 2 aliphatic rings. The number of carbonyl (C=O) groups is 1. The van der Waals surface area contributed by atoms with Gasteiger partial charge in [0.1, 0.15) is 4.33 Å². The van der Waals surface area contributed by atoms with E-state index in [1.54, 1.807) is 0 Å². The Bertz CT molecular complexity index is 231. The van der Waals surface area contributed by atoms with Crippen molar-refractivity contribution in [3.63, 3.8) is 0 Å². The summed E-state index contributed by atoms with van der Waals surface area (Å²) in [7, 11) is 0. The van der Waals surface area contributed by atoms with Crippen LogP contribution in [0, 0.1) is 5.92 Å². The van der Waals surface area contributed by atoms with Crippen LogP contribution in [0.4, 0.5) is 0 Å². The van der Waals surface area contributed by atoms with Crippen molar-refractivity contribution >= 4 is 29.1 Å². The van der Waals surface area contributed by atoms with Gasteiger partial charge in [0, 0.05) is 12.1 Å². The molecule has 2 saturated carbocycles. The van der Waals surface area contributed by atoms with Crippen LogP contribution >= 0.6 is 23.2 Å². The fourth-order valence-electron chi connectivity index (χ4n) is 1.16. The lowest BCUT2D eigenvalue weighted by Crippen LogP contribution is -2.32. The molecule has 0 spiro atoms. The van der Waals surface area contributed by atoms with Crippen LogP contribution in [0.2, 0.25) is 0 Å². The Hall–Kier alpha value is 0.01000. The quantitative estimate of drug-likeness (QED) is 0.646. The van der Waals surface area contributed by atoms with Crippen LogP contribution < -0.4 is 11.1 Å². The molecular weight excluding hydrogens is 199 g/mol. The Morgan fingerprint density at radius 1 is 1.58 bits per heavy atom. The van der Waals surface area contributed by atoms with E-state index >= 15 is 0 Å². The van der Waals surface area contributed by atoms with E-state index in [1.807, 2.05) is 0 Å². The Morgan fingerprint density at radius 2 is 2.08 bits per heavy atom. The molecule has 3 N–H and O–H groups in total. The molecule has 2 fully saturated rings. The van der Waals surface area contributed by atoms with Crippen molar-refractivity contribution < 1.29 is 4.79 Å². The first kappa shape index (κ1) is 8.60. The summed E-state index contributed by atoms with van der Waals surface area (Å²) in [5, 5.41) is 2.79. The minimum absolute atomic E-state index is 0.0575. The van der Waals surface area contributed by atoms with Crippen LogP contribution in [0.1, 0.15) is 12.8 Å². The van der Waals surface area contributed by atoms with Gasteiger partial charge in [0.05, 0.1) is 5.92 Å². The van der Waals surface area contributed by atoms with Crippen molar-refractivity contribution in [1.82, 2.24) is 5.32 Å². The highest BCUT2D eigenvalue weighted by atomic mass is 35.5. The molecule has 0 aromatic heterocycles. The Labute approximate surface area is 80.6 Å². The van der Waals surface area contributed by atoms with Crippen molar-refractivity contribution in [1.29, 1.82) is 0 Å². The fraction of sp³-hybridized carbons (Fsp3) is 0.857. The smallest absolute Gasteiger partial charge is 0.226 e. The van der Waals surface area contributed by atoms with Crippen LogP contribution in [-0.4, -0.2) is 22.3 Å². The van der Waals surface area contributed by atoms with Gasteiger partial charge in [-0.25, -0.2) is 0 Å². The van der Waals surface area contributed by atoms with E-state index in [0.717, 1.165) is 6.42 Å². The number of nitrogens with two attached hydrogens (primary N) is 1. The van der Waals surface area contributed by atoms with Crippen molar-refractivity contribution in [3.8, 4) is 0 Å². The van der Waals surface area contributed by atoms with Crippen LogP contribution in [0.25, 0.3) is 0 Å². The molecule has 0 aliphatic heterocycles. The number of alkyl halides is 2. The lowest BCUT2D eigenvalue weighted by molar-refractivity contribution is -0.122. The van der Waals surface area contributed by atoms with Crippen molar-refractivity contribution in [3.05, 3.63) is 0 Å². The number of amides is 1. The van der Waals surface area contributed by atoms with E-state index in [0.29, 0.717) is 6.42 Å². The standard InChI is InChI=1S/C7H10Cl2N2O/c8-7(9)2-3(7)6(12)11-5-1-4(5)10/h3-5H,1-2,10H2,(H,11,12). The molecule has 0 heterocycles.